The molecule has 2 amide bonds. The normalized spacial score (nSPS) is 30.1. The van der Waals surface area contributed by atoms with Crippen molar-refractivity contribution in [3.05, 3.63) is 0 Å². The van der Waals surface area contributed by atoms with Crippen LogP contribution in [-0.4, -0.2) is 55.8 Å². The van der Waals surface area contributed by atoms with Crippen molar-refractivity contribution in [1.29, 1.82) is 0 Å². The lowest BCUT2D eigenvalue weighted by atomic mass is 9.96. The Balaban J connectivity index is 1.88. The third-order valence-corrected chi connectivity index (χ3v) is 5.58. The molecule has 2 heterocycles. The topological polar surface area (TPSA) is 83.6 Å². The molecule has 108 valence electrons. The van der Waals surface area contributed by atoms with Gasteiger partial charge in [0.1, 0.15) is 0 Å². The zero-order valence-corrected chi connectivity index (χ0v) is 11.9. The SMILES string of the molecule is CC(=O)N1CCCC(C(=O)NC2CCS(=O)(=O)C2)C1. The molecule has 0 aromatic carbocycles. The molecular weight excluding hydrogens is 268 g/mol. The average molecular weight is 288 g/mol. The van der Waals surface area contributed by atoms with Crippen molar-refractivity contribution < 1.29 is 18.0 Å². The van der Waals surface area contributed by atoms with Gasteiger partial charge in [0, 0.05) is 26.1 Å². The van der Waals surface area contributed by atoms with E-state index >= 15 is 0 Å². The van der Waals surface area contributed by atoms with Crippen LogP contribution in [0.2, 0.25) is 0 Å². The first-order valence-electron chi connectivity index (χ1n) is 6.64. The van der Waals surface area contributed by atoms with Gasteiger partial charge < -0.3 is 10.2 Å². The maximum absolute atomic E-state index is 12.1. The molecule has 0 aromatic heterocycles. The number of hydrogen-bond acceptors (Lipinski definition) is 4. The Bertz CT molecular complexity index is 474. The fraction of sp³-hybridized carbons (Fsp3) is 0.833. The third-order valence-electron chi connectivity index (χ3n) is 3.82. The second-order valence-electron chi connectivity index (χ2n) is 5.41. The molecule has 2 atom stereocenters. The van der Waals surface area contributed by atoms with Crippen LogP contribution in [0.4, 0.5) is 0 Å². The predicted octanol–water partition coefficient (Wildman–Crippen LogP) is -0.452. The first kappa shape index (κ1) is 14.3. The summed E-state index contributed by atoms with van der Waals surface area (Å²) in [6.45, 7) is 2.65. The molecular formula is C12H20N2O4S. The molecule has 0 saturated carbocycles. The molecule has 2 aliphatic rings. The van der Waals surface area contributed by atoms with E-state index in [0.717, 1.165) is 12.8 Å². The van der Waals surface area contributed by atoms with Crippen LogP contribution in [0.3, 0.4) is 0 Å². The van der Waals surface area contributed by atoms with E-state index in [0.29, 0.717) is 19.5 Å². The Labute approximate surface area is 113 Å². The van der Waals surface area contributed by atoms with Crippen LogP contribution in [0, 0.1) is 5.92 Å². The van der Waals surface area contributed by atoms with E-state index in [9.17, 15) is 18.0 Å². The van der Waals surface area contributed by atoms with Crippen LogP contribution in [0.5, 0.6) is 0 Å². The van der Waals surface area contributed by atoms with Crippen LogP contribution in [0.25, 0.3) is 0 Å². The number of likely N-dealkylation sites (tertiary alicyclic amines) is 1. The summed E-state index contributed by atoms with van der Waals surface area (Å²) in [5.74, 6) is -0.140. The van der Waals surface area contributed by atoms with E-state index in [2.05, 4.69) is 5.32 Å². The Morgan fingerprint density at radius 1 is 1.26 bits per heavy atom. The lowest BCUT2D eigenvalue weighted by molar-refractivity contribution is -0.134. The number of rotatable bonds is 2. The summed E-state index contributed by atoms with van der Waals surface area (Å²) in [6, 6.07) is -0.259. The zero-order valence-electron chi connectivity index (χ0n) is 11.1. The van der Waals surface area contributed by atoms with Crippen molar-refractivity contribution in [2.24, 2.45) is 5.92 Å². The van der Waals surface area contributed by atoms with Crippen molar-refractivity contribution >= 4 is 21.7 Å². The van der Waals surface area contributed by atoms with E-state index in [4.69, 9.17) is 0 Å². The van der Waals surface area contributed by atoms with Crippen LogP contribution < -0.4 is 5.32 Å². The van der Waals surface area contributed by atoms with Crippen LogP contribution >= 0.6 is 0 Å². The summed E-state index contributed by atoms with van der Waals surface area (Å²) >= 11 is 0. The van der Waals surface area contributed by atoms with E-state index in [1.165, 1.54) is 6.92 Å². The molecule has 1 N–H and O–H groups in total. The second-order valence-corrected chi connectivity index (χ2v) is 7.64. The molecule has 2 saturated heterocycles. The van der Waals surface area contributed by atoms with Gasteiger partial charge in [-0.05, 0) is 19.3 Å². The highest BCUT2D eigenvalue weighted by molar-refractivity contribution is 7.91. The summed E-state index contributed by atoms with van der Waals surface area (Å²) < 4.78 is 22.7. The van der Waals surface area contributed by atoms with Crippen LogP contribution in [0.15, 0.2) is 0 Å². The minimum atomic E-state index is -2.98. The van der Waals surface area contributed by atoms with E-state index < -0.39 is 9.84 Å². The minimum Gasteiger partial charge on any atom is -0.352 e. The molecule has 2 unspecified atom stereocenters. The number of carbonyl (C=O) groups is 2. The average Bonchev–Trinajstić information content (AvgIpc) is 2.68. The van der Waals surface area contributed by atoms with Crippen molar-refractivity contribution in [3.63, 3.8) is 0 Å². The number of nitrogens with one attached hydrogen (secondary N) is 1. The standard InChI is InChI=1S/C12H20N2O4S/c1-9(15)14-5-2-3-10(7-14)12(16)13-11-4-6-19(17,18)8-11/h10-11H,2-8H2,1H3,(H,13,16). The van der Waals surface area contributed by atoms with Gasteiger partial charge in [0.25, 0.3) is 0 Å². The number of piperidine rings is 1. The van der Waals surface area contributed by atoms with Gasteiger partial charge in [-0.2, -0.15) is 0 Å². The van der Waals surface area contributed by atoms with Crippen molar-refractivity contribution in [3.8, 4) is 0 Å². The Morgan fingerprint density at radius 2 is 2.00 bits per heavy atom. The summed E-state index contributed by atoms with van der Waals surface area (Å²) in [5, 5.41) is 2.81. The summed E-state index contributed by atoms with van der Waals surface area (Å²) in [7, 11) is -2.98. The Morgan fingerprint density at radius 3 is 2.58 bits per heavy atom. The van der Waals surface area contributed by atoms with Gasteiger partial charge in [-0.25, -0.2) is 8.42 Å². The molecule has 7 heteroatoms. The van der Waals surface area contributed by atoms with Crippen molar-refractivity contribution in [2.45, 2.75) is 32.2 Å². The van der Waals surface area contributed by atoms with Gasteiger partial charge in [0.05, 0.1) is 17.4 Å². The predicted molar refractivity (Wildman–Crippen MR) is 70.2 cm³/mol. The minimum absolute atomic E-state index is 0.0130. The van der Waals surface area contributed by atoms with Gasteiger partial charge >= 0.3 is 0 Å². The molecule has 19 heavy (non-hydrogen) atoms. The fourth-order valence-electron chi connectivity index (χ4n) is 2.71. The highest BCUT2D eigenvalue weighted by Crippen LogP contribution is 2.18. The molecule has 0 spiro atoms. The quantitative estimate of drug-likeness (QED) is 0.746. The van der Waals surface area contributed by atoms with Gasteiger partial charge in [-0.15, -0.1) is 0 Å². The highest BCUT2D eigenvalue weighted by Gasteiger charge is 2.32. The maximum atomic E-state index is 12.1. The fourth-order valence-corrected chi connectivity index (χ4v) is 4.38. The number of hydrogen-bond donors (Lipinski definition) is 1. The van der Waals surface area contributed by atoms with Crippen LogP contribution in [0.1, 0.15) is 26.2 Å². The molecule has 2 aliphatic heterocycles. The molecule has 0 aliphatic carbocycles. The van der Waals surface area contributed by atoms with Gasteiger partial charge in [-0.3, -0.25) is 9.59 Å². The summed E-state index contributed by atoms with van der Waals surface area (Å²) in [4.78, 5) is 25.1. The smallest absolute Gasteiger partial charge is 0.225 e. The zero-order chi connectivity index (χ0) is 14.0. The summed E-state index contributed by atoms with van der Waals surface area (Å²) in [5.41, 5.74) is 0. The monoisotopic (exact) mass is 288 g/mol. The van der Waals surface area contributed by atoms with Gasteiger partial charge in [0.15, 0.2) is 9.84 Å². The largest absolute Gasteiger partial charge is 0.352 e. The van der Waals surface area contributed by atoms with Gasteiger partial charge in [0.2, 0.25) is 11.8 Å². The number of carbonyl (C=O) groups excluding carboxylic acids is 2. The molecule has 2 fully saturated rings. The summed E-state index contributed by atoms with van der Waals surface area (Å²) in [6.07, 6.45) is 2.08. The van der Waals surface area contributed by atoms with E-state index in [-0.39, 0.29) is 35.3 Å². The first-order valence-corrected chi connectivity index (χ1v) is 8.46. The highest BCUT2D eigenvalue weighted by atomic mass is 32.2. The molecule has 2 rings (SSSR count). The van der Waals surface area contributed by atoms with Crippen molar-refractivity contribution in [1.82, 2.24) is 10.2 Å². The number of sulfone groups is 1. The first-order chi connectivity index (χ1) is 8.87. The number of nitrogens with zero attached hydrogens (tertiary/aromatic N) is 1. The molecule has 0 radical (unpaired) electrons. The Kier molecular flexibility index (Phi) is 4.13. The Hall–Kier alpha value is -1.11. The van der Waals surface area contributed by atoms with Gasteiger partial charge in [-0.1, -0.05) is 0 Å². The lowest BCUT2D eigenvalue weighted by Gasteiger charge is -2.31. The second kappa shape index (κ2) is 5.48. The van der Waals surface area contributed by atoms with Crippen LogP contribution in [-0.2, 0) is 19.4 Å². The van der Waals surface area contributed by atoms with E-state index in [1.807, 2.05) is 0 Å². The molecule has 0 aromatic rings. The van der Waals surface area contributed by atoms with Crippen molar-refractivity contribution in [2.75, 3.05) is 24.6 Å². The number of amides is 2. The van der Waals surface area contributed by atoms with E-state index in [1.54, 1.807) is 4.90 Å². The third kappa shape index (κ3) is 3.68. The molecule has 6 nitrogen and oxygen atoms in total. The molecule has 0 bridgehead atoms. The maximum Gasteiger partial charge on any atom is 0.225 e. The lowest BCUT2D eigenvalue weighted by Crippen LogP contribution is -2.47.